The Labute approximate surface area is 401 Å². The zero-order chi connectivity index (χ0) is 50.3. The van der Waals surface area contributed by atoms with Crippen molar-refractivity contribution in [2.45, 2.75) is 63.9 Å². The van der Waals surface area contributed by atoms with Gasteiger partial charge in [0.1, 0.15) is 42.1 Å². The molecular formula is C38H46Cl5F3N7O12P. The molecule has 28 heteroatoms. The lowest BCUT2D eigenvalue weighted by Gasteiger charge is -2.29. The number of ether oxygens (including phenoxy) is 2. The number of carboxylic acid groups (broad SMARTS) is 1. The van der Waals surface area contributed by atoms with Gasteiger partial charge in [-0.3, -0.25) is 39.3 Å². The average molecular weight is 1060 g/mol. The van der Waals surface area contributed by atoms with E-state index in [4.69, 9.17) is 92.5 Å². The quantitative estimate of drug-likeness (QED) is 0.0261. The Morgan fingerprint density at radius 2 is 1.77 bits per heavy atom. The van der Waals surface area contributed by atoms with E-state index >= 15 is 0 Å². The maximum Gasteiger partial charge on any atom is 0.416 e. The largest absolute Gasteiger partial charge is 0.480 e. The predicted molar refractivity (Wildman–Crippen MR) is 241 cm³/mol. The van der Waals surface area contributed by atoms with Gasteiger partial charge in [-0.1, -0.05) is 71.5 Å². The molecule has 1 aliphatic heterocycles. The second kappa shape index (κ2) is 25.8. The van der Waals surface area contributed by atoms with E-state index in [1.807, 2.05) is 38.1 Å². The molecule has 6 N–H and O–H groups in total. The van der Waals surface area contributed by atoms with Gasteiger partial charge in [-0.25, -0.2) is 4.68 Å². The van der Waals surface area contributed by atoms with Gasteiger partial charge in [0.2, 0.25) is 11.7 Å². The Bertz CT molecular complexity index is 2300. The molecule has 2 aromatic carbocycles. The molecule has 66 heavy (non-hydrogen) atoms. The molecule has 5 rings (SSSR count). The number of hydrogen-bond donors (Lipinski definition) is 5. The number of carboxylic acids is 1. The van der Waals surface area contributed by atoms with Crippen LogP contribution in [0.3, 0.4) is 0 Å². The van der Waals surface area contributed by atoms with Crippen LogP contribution in [-0.2, 0) is 41.0 Å². The number of nitrogens with one attached hydrogen (secondary N) is 1. The number of furan rings is 1. The highest BCUT2D eigenvalue weighted by atomic mass is 35.5. The van der Waals surface area contributed by atoms with Crippen LogP contribution >= 0.6 is 65.6 Å². The highest BCUT2D eigenvalue weighted by molar-refractivity contribution is 7.51. The van der Waals surface area contributed by atoms with E-state index < -0.39 is 65.1 Å². The lowest BCUT2D eigenvalue weighted by atomic mass is 10.0. The Kier molecular flexibility index (Phi) is 22.7. The fourth-order valence-corrected chi connectivity index (χ4v) is 7.18. The van der Waals surface area contributed by atoms with Gasteiger partial charge in [-0.05, 0) is 69.5 Å². The van der Waals surface area contributed by atoms with Crippen LogP contribution in [0.2, 0.25) is 10.0 Å². The topological polar surface area (TPSA) is 266 Å². The Balaban J connectivity index is 0.000000311. The van der Waals surface area contributed by atoms with E-state index in [-0.39, 0.29) is 46.3 Å². The molecule has 1 unspecified atom stereocenters. The van der Waals surface area contributed by atoms with Crippen LogP contribution in [0.25, 0.3) is 5.69 Å². The summed E-state index contributed by atoms with van der Waals surface area (Å²) in [5.74, 6) is -1.38. The van der Waals surface area contributed by atoms with Crippen molar-refractivity contribution in [2.24, 2.45) is 0 Å². The number of nitrogen functional groups attached to an aromatic ring is 1. The van der Waals surface area contributed by atoms with E-state index in [1.165, 1.54) is 4.90 Å². The van der Waals surface area contributed by atoms with Crippen LogP contribution in [0, 0.1) is 17.0 Å². The highest BCUT2D eigenvalue weighted by Crippen LogP contribution is 2.40. The molecule has 19 nitrogen and oxygen atoms in total. The lowest BCUT2D eigenvalue weighted by Crippen LogP contribution is -2.45. The molecular weight excluding hydrogens is 1010 g/mol. The van der Waals surface area contributed by atoms with Gasteiger partial charge in [-0.2, -0.15) is 18.3 Å². The Morgan fingerprint density at radius 1 is 1.15 bits per heavy atom. The van der Waals surface area contributed by atoms with Gasteiger partial charge in [0.05, 0.1) is 51.9 Å². The number of amides is 2. The van der Waals surface area contributed by atoms with Crippen LogP contribution in [0.1, 0.15) is 56.2 Å². The lowest BCUT2D eigenvalue weighted by molar-refractivity contribution is -0.383. The third kappa shape index (κ3) is 17.2. The number of nitro groups is 1. The van der Waals surface area contributed by atoms with E-state index in [9.17, 15) is 42.2 Å². The summed E-state index contributed by atoms with van der Waals surface area (Å²) >= 11 is 28.4. The molecule has 1 fully saturated rings. The van der Waals surface area contributed by atoms with Crippen LogP contribution in [0.15, 0.2) is 59.3 Å². The molecule has 0 bridgehead atoms. The standard InChI is InChI=1S/C14H20ClNO2.C11H13Cl2NO3.C10H5Cl2F3N4O2.C3H8NO5P/c1-4-12-8-6-7-11(3)14(12)16(10-18-5-2)13(17)9-15;1-11(2)14(10(15)9(12)13)6-8(17-11)7-4-3-5-16-7;11-5-1-4(10(13,14)15)2-6(12)8(5)18-9(16)7(3-17-18)19(20)21;5-3(6)1-4-2-10(7,8)9/h6-8H,4-5,9-10H2,1-3H3;3-5,8-9H,6H2,1-2H3;1-3H,16H2;4H,1-2H2,(H,5,6)(H2,7,8,9). The molecule has 1 aliphatic rings. The maximum absolute atomic E-state index is 12.6. The number of aromatic nitrogens is 2. The summed E-state index contributed by atoms with van der Waals surface area (Å²) in [6.45, 7) is 10.3. The molecule has 1 atom stereocenters. The first-order valence-electron chi connectivity index (χ1n) is 19.0. The minimum absolute atomic E-state index is 0.0371. The third-order valence-corrected chi connectivity index (χ3v) is 10.5. The number of anilines is 2. The third-order valence-electron chi connectivity index (χ3n) is 8.69. The van der Waals surface area contributed by atoms with Crippen LogP contribution in [0.5, 0.6) is 0 Å². The first-order chi connectivity index (χ1) is 30.6. The zero-order valence-electron chi connectivity index (χ0n) is 35.6. The Hall–Kier alpha value is -4.19. The summed E-state index contributed by atoms with van der Waals surface area (Å²) in [6.07, 6.45) is -2.22. The fraction of sp³-hybridized carbons (Fsp3) is 0.421. The van der Waals surface area contributed by atoms with Crippen LogP contribution < -0.4 is 16.0 Å². The summed E-state index contributed by atoms with van der Waals surface area (Å²) in [5, 5.41) is 23.6. The van der Waals surface area contributed by atoms with Crippen molar-refractivity contribution in [2.75, 3.05) is 49.2 Å². The van der Waals surface area contributed by atoms with E-state index in [0.717, 1.165) is 34.1 Å². The SMILES string of the molecule is CC1(C)OC(c2ccco2)CN1C(=O)C(Cl)Cl.CCOCN(C(=O)CCl)c1c(C)cccc1CC.Nc1c([N+](=O)[O-])cnn1-c1c(Cl)cc(C(F)(F)F)cc1Cl.O=C(O)CNCP(=O)(O)O. The number of nitrogens with zero attached hydrogens (tertiary/aromatic N) is 5. The monoisotopic (exact) mass is 1060 g/mol. The summed E-state index contributed by atoms with van der Waals surface area (Å²) in [6, 6.07) is 10.9. The van der Waals surface area contributed by atoms with E-state index in [2.05, 4.69) is 17.3 Å². The first-order valence-corrected chi connectivity index (χ1v) is 22.9. The number of halogens is 8. The zero-order valence-corrected chi connectivity index (χ0v) is 40.3. The van der Waals surface area contributed by atoms with Crippen molar-refractivity contribution in [1.29, 1.82) is 0 Å². The van der Waals surface area contributed by atoms with Crippen LogP contribution in [-0.4, -0.2) is 101 Å². The molecule has 0 spiro atoms. The number of alkyl halides is 6. The number of aliphatic carboxylic acids is 1. The number of rotatable bonds is 14. The van der Waals surface area contributed by atoms with Crippen molar-refractivity contribution in [3.05, 3.63) is 97.5 Å². The maximum atomic E-state index is 12.6. The summed E-state index contributed by atoms with van der Waals surface area (Å²) in [7, 11) is -4.10. The van der Waals surface area contributed by atoms with Crippen molar-refractivity contribution in [1.82, 2.24) is 20.0 Å². The molecule has 0 aliphatic carbocycles. The van der Waals surface area contributed by atoms with Gasteiger partial charge in [0.25, 0.3) is 5.91 Å². The second-order valence-electron chi connectivity index (χ2n) is 13.8. The van der Waals surface area contributed by atoms with E-state index in [0.29, 0.717) is 31.0 Å². The molecule has 366 valence electrons. The number of carbonyl (C=O) groups is 3. The minimum atomic E-state index is -4.63. The molecule has 3 heterocycles. The normalized spacial score (nSPS) is 14.3. The minimum Gasteiger partial charge on any atom is -0.480 e. The molecule has 2 amide bonds. The van der Waals surface area contributed by atoms with Crippen molar-refractivity contribution in [3.63, 3.8) is 0 Å². The van der Waals surface area contributed by atoms with Gasteiger partial charge in [-0.15, -0.1) is 11.6 Å². The second-order valence-corrected chi connectivity index (χ2v) is 17.7. The smallest absolute Gasteiger partial charge is 0.416 e. The number of hydrogen-bond acceptors (Lipinski definition) is 12. The fourth-order valence-electron chi connectivity index (χ4n) is 5.75. The van der Waals surface area contributed by atoms with Gasteiger partial charge in [0, 0.05) is 6.61 Å². The van der Waals surface area contributed by atoms with Gasteiger partial charge < -0.3 is 39.4 Å². The van der Waals surface area contributed by atoms with Gasteiger partial charge in [0.15, 0.2) is 4.84 Å². The average Bonchev–Trinajstić information content (AvgIpc) is 3.96. The molecule has 2 aromatic heterocycles. The van der Waals surface area contributed by atoms with Gasteiger partial charge >= 0.3 is 25.4 Å². The van der Waals surface area contributed by atoms with E-state index in [1.54, 1.807) is 31.1 Å². The highest BCUT2D eigenvalue weighted by Gasteiger charge is 2.45. The van der Waals surface area contributed by atoms with Crippen molar-refractivity contribution >= 4 is 101 Å². The summed E-state index contributed by atoms with van der Waals surface area (Å²) in [4.78, 5) is 61.9. The summed E-state index contributed by atoms with van der Waals surface area (Å²) in [5.41, 5.74) is 6.17. The molecule has 4 aromatic rings. The number of carbonyl (C=O) groups excluding carboxylic acids is 2. The molecule has 1 saturated heterocycles. The first kappa shape index (κ1) is 57.9. The van der Waals surface area contributed by atoms with Crippen LogP contribution in [0.4, 0.5) is 30.4 Å². The number of aryl methyl sites for hydroxylation is 2. The molecule has 0 saturated carbocycles. The predicted octanol–water partition coefficient (Wildman–Crippen LogP) is 8.33. The number of para-hydroxylation sites is 1. The summed E-state index contributed by atoms with van der Waals surface area (Å²) < 4.78 is 65.1. The van der Waals surface area contributed by atoms with Crippen molar-refractivity contribution in [3.8, 4) is 5.69 Å². The van der Waals surface area contributed by atoms with Crippen molar-refractivity contribution < 1.29 is 65.8 Å². The Morgan fingerprint density at radius 3 is 2.23 bits per heavy atom. The number of benzene rings is 2. The number of nitrogens with two attached hydrogens (primary N) is 1. The molecule has 0 radical (unpaired) electrons.